The molecule has 0 aliphatic carbocycles. The quantitative estimate of drug-likeness (QED) is 0.645. The van der Waals surface area contributed by atoms with Crippen molar-refractivity contribution in [3.63, 3.8) is 0 Å². The van der Waals surface area contributed by atoms with Gasteiger partial charge in [0.05, 0.1) is 10.9 Å². The number of aryl methyl sites for hydroxylation is 1. The molecular weight excluding hydrogens is 286 g/mol. The van der Waals surface area contributed by atoms with Crippen LogP contribution >= 0.6 is 0 Å². The molecular formula is C15H23N3O2S. The highest BCUT2D eigenvalue weighted by atomic mass is 32.2. The maximum absolute atomic E-state index is 12.7. The summed E-state index contributed by atoms with van der Waals surface area (Å²) >= 11 is 0. The number of nitrogens with two attached hydrogens (primary N) is 1. The highest BCUT2D eigenvalue weighted by molar-refractivity contribution is 7.89. The second-order valence-corrected chi connectivity index (χ2v) is 7.37. The summed E-state index contributed by atoms with van der Waals surface area (Å²) in [7, 11) is -3.58. The van der Waals surface area contributed by atoms with Crippen molar-refractivity contribution in [2.24, 2.45) is 5.73 Å². The van der Waals surface area contributed by atoms with Gasteiger partial charge in [0.2, 0.25) is 10.0 Å². The second-order valence-electron chi connectivity index (χ2n) is 5.48. The Labute approximate surface area is 126 Å². The molecule has 1 heterocycles. The minimum Gasteiger partial charge on any atom is -0.386 e. The predicted molar refractivity (Wildman–Crippen MR) is 83.9 cm³/mol. The summed E-state index contributed by atoms with van der Waals surface area (Å²) in [5.74, 6) is -0.0686. The van der Waals surface area contributed by atoms with Crippen molar-refractivity contribution in [1.29, 1.82) is 5.41 Å². The molecule has 2 rings (SSSR count). The molecule has 5 nitrogen and oxygen atoms in total. The Bertz CT molecular complexity index is 596. The topological polar surface area (TPSA) is 87.2 Å². The lowest BCUT2D eigenvalue weighted by Crippen LogP contribution is -2.50. The van der Waals surface area contributed by atoms with Gasteiger partial charge < -0.3 is 5.73 Å². The van der Waals surface area contributed by atoms with Crippen LogP contribution < -0.4 is 5.73 Å². The lowest BCUT2D eigenvalue weighted by molar-refractivity contribution is 0.303. The molecule has 1 unspecified atom stereocenters. The van der Waals surface area contributed by atoms with E-state index in [9.17, 15) is 8.42 Å². The molecule has 116 valence electrons. The van der Waals surface area contributed by atoms with E-state index in [1.54, 1.807) is 12.1 Å². The van der Waals surface area contributed by atoms with E-state index in [4.69, 9.17) is 11.1 Å². The first kappa shape index (κ1) is 16.0. The van der Waals surface area contributed by atoms with Gasteiger partial charge in [-0.05, 0) is 37.0 Å². The van der Waals surface area contributed by atoms with Gasteiger partial charge in [-0.3, -0.25) is 5.41 Å². The lowest BCUT2D eigenvalue weighted by Gasteiger charge is -2.33. The third kappa shape index (κ3) is 3.44. The predicted octanol–water partition coefficient (Wildman–Crippen LogP) is 2.12. The van der Waals surface area contributed by atoms with Crippen LogP contribution in [0.15, 0.2) is 29.2 Å². The van der Waals surface area contributed by atoms with Crippen LogP contribution in [0.4, 0.5) is 0 Å². The number of benzene rings is 1. The number of rotatable bonds is 5. The second kappa shape index (κ2) is 6.58. The largest absolute Gasteiger partial charge is 0.386 e. The van der Waals surface area contributed by atoms with Gasteiger partial charge in [-0.25, -0.2) is 8.42 Å². The van der Waals surface area contributed by atoms with Gasteiger partial charge >= 0.3 is 0 Å². The molecule has 1 aromatic carbocycles. The van der Waals surface area contributed by atoms with E-state index < -0.39 is 16.1 Å². The summed E-state index contributed by atoms with van der Waals surface area (Å²) in [6, 6.07) is 6.55. The standard InChI is InChI=1S/C15H23N3O2S/c1-2-5-12-7-9-13(10-8-12)21(19,20)18-11-4-3-6-14(18)15(16)17/h7-10,14H,2-6,11H2,1H3,(H3,16,17). The van der Waals surface area contributed by atoms with Gasteiger partial charge in [-0.1, -0.05) is 31.9 Å². The van der Waals surface area contributed by atoms with E-state index in [0.717, 1.165) is 31.2 Å². The van der Waals surface area contributed by atoms with Crippen LogP contribution in [0.2, 0.25) is 0 Å². The molecule has 1 saturated heterocycles. The van der Waals surface area contributed by atoms with Crippen LogP contribution in [0.5, 0.6) is 0 Å². The maximum Gasteiger partial charge on any atom is 0.243 e. The first-order valence-corrected chi connectivity index (χ1v) is 8.85. The lowest BCUT2D eigenvalue weighted by atomic mass is 10.0. The summed E-state index contributed by atoms with van der Waals surface area (Å²) in [5, 5.41) is 7.62. The van der Waals surface area contributed by atoms with Gasteiger partial charge in [-0.2, -0.15) is 4.31 Å². The first-order chi connectivity index (χ1) is 9.96. The number of piperidine rings is 1. The number of sulfonamides is 1. The zero-order valence-corrected chi connectivity index (χ0v) is 13.2. The number of amidine groups is 1. The third-order valence-electron chi connectivity index (χ3n) is 3.88. The molecule has 0 spiro atoms. The summed E-state index contributed by atoms with van der Waals surface area (Å²) in [4.78, 5) is 0.288. The Morgan fingerprint density at radius 2 is 2.00 bits per heavy atom. The summed E-state index contributed by atoms with van der Waals surface area (Å²) in [5.41, 5.74) is 6.71. The Morgan fingerprint density at radius 3 is 2.57 bits per heavy atom. The van der Waals surface area contributed by atoms with Crippen LogP contribution in [-0.4, -0.2) is 31.1 Å². The monoisotopic (exact) mass is 309 g/mol. The molecule has 1 fully saturated rings. The molecule has 1 aromatic rings. The van der Waals surface area contributed by atoms with E-state index in [2.05, 4.69) is 6.92 Å². The van der Waals surface area contributed by atoms with Gasteiger partial charge in [0.1, 0.15) is 5.84 Å². The number of hydrogen-bond donors (Lipinski definition) is 2. The average molecular weight is 309 g/mol. The Balaban J connectivity index is 2.29. The summed E-state index contributed by atoms with van der Waals surface area (Å²) < 4.78 is 26.9. The van der Waals surface area contributed by atoms with Crippen LogP contribution in [0.3, 0.4) is 0 Å². The average Bonchev–Trinajstić information content (AvgIpc) is 2.48. The van der Waals surface area contributed by atoms with Crippen molar-refractivity contribution in [2.75, 3.05) is 6.54 Å². The highest BCUT2D eigenvalue weighted by Gasteiger charge is 2.34. The third-order valence-corrected chi connectivity index (χ3v) is 5.80. The highest BCUT2D eigenvalue weighted by Crippen LogP contribution is 2.25. The number of nitrogens with one attached hydrogen (secondary N) is 1. The fraction of sp³-hybridized carbons (Fsp3) is 0.533. The van der Waals surface area contributed by atoms with E-state index >= 15 is 0 Å². The molecule has 1 aliphatic heterocycles. The van der Waals surface area contributed by atoms with E-state index in [1.165, 1.54) is 4.31 Å². The molecule has 0 saturated carbocycles. The van der Waals surface area contributed by atoms with Gasteiger partial charge in [-0.15, -0.1) is 0 Å². The Hall–Kier alpha value is -1.40. The zero-order valence-electron chi connectivity index (χ0n) is 12.4. The van der Waals surface area contributed by atoms with E-state index in [1.807, 2.05) is 12.1 Å². The van der Waals surface area contributed by atoms with Crippen LogP contribution in [0.1, 0.15) is 38.2 Å². The SMILES string of the molecule is CCCc1ccc(S(=O)(=O)N2CCCCC2C(=N)N)cc1. The van der Waals surface area contributed by atoms with Gasteiger partial charge in [0, 0.05) is 6.54 Å². The van der Waals surface area contributed by atoms with Crippen molar-refractivity contribution in [3.8, 4) is 0 Å². The zero-order chi connectivity index (χ0) is 15.5. The van der Waals surface area contributed by atoms with Crippen molar-refractivity contribution >= 4 is 15.9 Å². The Morgan fingerprint density at radius 1 is 1.33 bits per heavy atom. The minimum atomic E-state index is -3.58. The first-order valence-electron chi connectivity index (χ1n) is 7.41. The normalized spacial score (nSPS) is 20.3. The van der Waals surface area contributed by atoms with Crippen LogP contribution in [0, 0.1) is 5.41 Å². The minimum absolute atomic E-state index is 0.0686. The van der Waals surface area contributed by atoms with Crippen molar-refractivity contribution in [3.05, 3.63) is 29.8 Å². The Kier molecular flexibility index (Phi) is 5.00. The van der Waals surface area contributed by atoms with Crippen molar-refractivity contribution in [2.45, 2.75) is 50.0 Å². The van der Waals surface area contributed by atoms with Gasteiger partial charge in [0.25, 0.3) is 0 Å². The molecule has 0 bridgehead atoms. The van der Waals surface area contributed by atoms with Gasteiger partial charge in [0.15, 0.2) is 0 Å². The number of hydrogen-bond acceptors (Lipinski definition) is 3. The maximum atomic E-state index is 12.7. The van der Waals surface area contributed by atoms with Crippen LogP contribution in [-0.2, 0) is 16.4 Å². The molecule has 0 radical (unpaired) electrons. The summed E-state index contributed by atoms with van der Waals surface area (Å²) in [6.07, 6.45) is 4.33. The van der Waals surface area contributed by atoms with Crippen molar-refractivity contribution in [1.82, 2.24) is 4.31 Å². The smallest absolute Gasteiger partial charge is 0.243 e. The number of nitrogens with zero attached hydrogens (tertiary/aromatic N) is 1. The molecule has 21 heavy (non-hydrogen) atoms. The van der Waals surface area contributed by atoms with Crippen LogP contribution in [0.25, 0.3) is 0 Å². The fourth-order valence-corrected chi connectivity index (χ4v) is 4.43. The molecule has 6 heteroatoms. The molecule has 3 N–H and O–H groups in total. The van der Waals surface area contributed by atoms with E-state index in [0.29, 0.717) is 13.0 Å². The van der Waals surface area contributed by atoms with Crippen molar-refractivity contribution < 1.29 is 8.42 Å². The van der Waals surface area contributed by atoms with E-state index in [-0.39, 0.29) is 10.7 Å². The molecule has 1 aliphatic rings. The molecule has 0 amide bonds. The summed E-state index contributed by atoms with van der Waals surface area (Å²) in [6.45, 7) is 2.53. The molecule has 1 atom stereocenters. The fourth-order valence-electron chi connectivity index (χ4n) is 2.76. The molecule has 0 aromatic heterocycles.